The van der Waals surface area contributed by atoms with E-state index in [0.29, 0.717) is 45.4 Å². The summed E-state index contributed by atoms with van der Waals surface area (Å²) in [5, 5.41) is 6.35. The number of aliphatic imine (C=N–C) groups is 1. The molecular weight excluding hydrogens is 463 g/mol. The Bertz CT molecular complexity index is 605. The van der Waals surface area contributed by atoms with Crippen molar-refractivity contribution in [1.29, 1.82) is 0 Å². The first-order valence-electron chi connectivity index (χ1n) is 9.36. The summed E-state index contributed by atoms with van der Waals surface area (Å²) in [6, 6.07) is 0. The van der Waals surface area contributed by atoms with E-state index in [1.807, 2.05) is 0 Å². The number of nitrogens with zero attached hydrogens (tertiary/aromatic N) is 2. The standard InChI is InChI=1S/C18H26N4O4.HI/c1-19-18(21-9-13-10-25-6-7-26-13)20-4-5-22-16(23)14-11-2-3-12(8-11)15(14)17(22)24;/h2-3,11-15H,4-10H2,1H3,(H2,19,20,21);1H. The fourth-order valence-electron chi connectivity index (χ4n) is 4.56. The summed E-state index contributed by atoms with van der Waals surface area (Å²) in [6.07, 6.45) is 5.19. The third-order valence-electron chi connectivity index (χ3n) is 5.80. The number of amides is 2. The number of imide groups is 1. The van der Waals surface area contributed by atoms with Crippen LogP contribution in [0.1, 0.15) is 6.42 Å². The molecule has 2 amide bonds. The zero-order valence-corrected chi connectivity index (χ0v) is 17.8. The molecule has 0 radical (unpaired) electrons. The second-order valence-electron chi connectivity index (χ2n) is 7.28. The summed E-state index contributed by atoms with van der Waals surface area (Å²) in [4.78, 5) is 30.9. The fourth-order valence-corrected chi connectivity index (χ4v) is 4.56. The molecule has 2 saturated heterocycles. The lowest BCUT2D eigenvalue weighted by atomic mass is 9.85. The average Bonchev–Trinajstić information content (AvgIpc) is 3.34. The Hall–Kier alpha value is -1.20. The molecule has 5 atom stereocenters. The van der Waals surface area contributed by atoms with E-state index < -0.39 is 0 Å². The van der Waals surface area contributed by atoms with Crippen molar-refractivity contribution in [2.75, 3.05) is 46.5 Å². The van der Waals surface area contributed by atoms with Crippen LogP contribution in [0.4, 0.5) is 0 Å². The van der Waals surface area contributed by atoms with E-state index in [2.05, 4.69) is 27.8 Å². The molecule has 5 unspecified atom stereocenters. The Kier molecular flexibility index (Phi) is 6.74. The average molecular weight is 490 g/mol. The highest BCUT2D eigenvalue weighted by molar-refractivity contribution is 14.0. The first-order valence-corrected chi connectivity index (χ1v) is 9.36. The maximum absolute atomic E-state index is 12.6. The molecule has 2 heterocycles. The van der Waals surface area contributed by atoms with Gasteiger partial charge in [0.2, 0.25) is 11.8 Å². The molecule has 2 aliphatic heterocycles. The monoisotopic (exact) mass is 490 g/mol. The Labute approximate surface area is 176 Å². The molecule has 0 aromatic carbocycles. The molecule has 27 heavy (non-hydrogen) atoms. The zero-order valence-electron chi connectivity index (χ0n) is 15.4. The Balaban J connectivity index is 0.00000210. The number of hydrogen-bond acceptors (Lipinski definition) is 5. The molecule has 3 fully saturated rings. The molecule has 1 saturated carbocycles. The Morgan fingerprint density at radius 2 is 1.89 bits per heavy atom. The largest absolute Gasteiger partial charge is 0.376 e. The normalized spacial score (nSPS) is 34.6. The highest BCUT2D eigenvalue weighted by Crippen LogP contribution is 2.52. The van der Waals surface area contributed by atoms with Crippen LogP contribution in [0.2, 0.25) is 0 Å². The molecule has 150 valence electrons. The molecule has 8 nitrogen and oxygen atoms in total. The van der Waals surface area contributed by atoms with Gasteiger partial charge in [0.05, 0.1) is 37.8 Å². The number of likely N-dealkylation sites (tertiary alicyclic amines) is 1. The summed E-state index contributed by atoms with van der Waals surface area (Å²) >= 11 is 0. The van der Waals surface area contributed by atoms with Gasteiger partial charge < -0.3 is 20.1 Å². The van der Waals surface area contributed by atoms with Gasteiger partial charge in [-0.25, -0.2) is 0 Å². The van der Waals surface area contributed by atoms with Gasteiger partial charge >= 0.3 is 0 Å². The number of rotatable bonds is 5. The number of allylic oxidation sites excluding steroid dienone is 2. The number of ether oxygens (including phenoxy) is 2. The molecule has 9 heteroatoms. The van der Waals surface area contributed by atoms with Gasteiger partial charge in [-0.3, -0.25) is 19.5 Å². The topological polar surface area (TPSA) is 92.3 Å². The highest BCUT2D eigenvalue weighted by atomic mass is 127. The quantitative estimate of drug-likeness (QED) is 0.185. The van der Waals surface area contributed by atoms with Crippen LogP contribution in [0.5, 0.6) is 0 Å². The number of hydrogen-bond donors (Lipinski definition) is 2. The Morgan fingerprint density at radius 3 is 2.48 bits per heavy atom. The van der Waals surface area contributed by atoms with Crippen LogP contribution in [-0.4, -0.2) is 75.3 Å². The van der Waals surface area contributed by atoms with Crippen LogP contribution >= 0.6 is 24.0 Å². The molecule has 0 aromatic heterocycles. The maximum atomic E-state index is 12.6. The van der Waals surface area contributed by atoms with E-state index in [4.69, 9.17) is 9.47 Å². The molecular formula is C18H27IN4O4. The third kappa shape index (κ3) is 4.00. The van der Waals surface area contributed by atoms with Gasteiger partial charge in [-0.05, 0) is 18.3 Å². The van der Waals surface area contributed by atoms with Gasteiger partial charge in [0.25, 0.3) is 0 Å². The summed E-state index contributed by atoms with van der Waals surface area (Å²) in [7, 11) is 1.69. The van der Waals surface area contributed by atoms with Crippen LogP contribution in [0, 0.1) is 23.7 Å². The van der Waals surface area contributed by atoms with Crippen molar-refractivity contribution in [3.8, 4) is 0 Å². The molecule has 2 N–H and O–H groups in total. The van der Waals surface area contributed by atoms with E-state index in [0.717, 1.165) is 6.42 Å². The minimum atomic E-state index is -0.126. The lowest BCUT2D eigenvalue weighted by Crippen LogP contribution is -2.47. The van der Waals surface area contributed by atoms with Gasteiger partial charge in [0.15, 0.2) is 5.96 Å². The first kappa shape index (κ1) is 20.5. The lowest BCUT2D eigenvalue weighted by molar-refractivity contribution is -0.140. The summed E-state index contributed by atoms with van der Waals surface area (Å²) < 4.78 is 10.9. The van der Waals surface area contributed by atoms with E-state index in [1.54, 1.807) is 7.05 Å². The van der Waals surface area contributed by atoms with Crippen LogP contribution in [0.15, 0.2) is 17.1 Å². The maximum Gasteiger partial charge on any atom is 0.233 e. The number of halogens is 1. The van der Waals surface area contributed by atoms with Gasteiger partial charge in [-0.15, -0.1) is 24.0 Å². The molecule has 2 aliphatic carbocycles. The van der Waals surface area contributed by atoms with Gasteiger partial charge in [-0.2, -0.15) is 0 Å². The molecule has 4 aliphatic rings. The minimum absolute atomic E-state index is 0. The van der Waals surface area contributed by atoms with Gasteiger partial charge in [-0.1, -0.05) is 12.2 Å². The van der Waals surface area contributed by atoms with E-state index in [-0.39, 0.29) is 65.6 Å². The van der Waals surface area contributed by atoms with Crippen LogP contribution in [0.25, 0.3) is 0 Å². The summed E-state index contributed by atoms with van der Waals surface area (Å²) in [5.74, 6) is 0.874. The van der Waals surface area contributed by atoms with Crippen LogP contribution in [0.3, 0.4) is 0 Å². The van der Waals surface area contributed by atoms with Crippen molar-refractivity contribution in [3.05, 3.63) is 12.2 Å². The SMILES string of the molecule is CN=C(NCCN1C(=O)C2C3C=CC(C3)C2C1=O)NCC1COCCO1.I. The number of carbonyl (C=O) groups is 2. The smallest absolute Gasteiger partial charge is 0.233 e. The zero-order chi connectivity index (χ0) is 18.1. The van der Waals surface area contributed by atoms with Crippen molar-refractivity contribution >= 4 is 41.8 Å². The van der Waals surface area contributed by atoms with Crippen molar-refractivity contribution < 1.29 is 19.1 Å². The predicted octanol–water partition coefficient (Wildman–Crippen LogP) is -0.00810. The minimum Gasteiger partial charge on any atom is -0.376 e. The summed E-state index contributed by atoms with van der Waals surface area (Å²) in [5.41, 5.74) is 0. The van der Waals surface area contributed by atoms with Crippen molar-refractivity contribution in [2.45, 2.75) is 12.5 Å². The fraction of sp³-hybridized carbons (Fsp3) is 0.722. The first-order chi connectivity index (χ1) is 12.7. The second kappa shape index (κ2) is 8.87. The number of guanidine groups is 1. The van der Waals surface area contributed by atoms with Crippen LogP contribution < -0.4 is 10.6 Å². The van der Waals surface area contributed by atoms with Crippen molar-refractivity contribution in [2.24, 2.45) is 28.7 Å². The number of fused-ring (bicyclic) bond motifs is 5. The molecule has 0 aromatic rings. The third-order valence-corrected chi connectivity index (χ3v) is 5.80. The lowest BCUT2D eigenvalue weighted by Gasteiger charge is -2.24. The van der Waals surface area contributed by atoms with E-state index in [9.17, 15) is 9.59 Å². The van der Waals surface area contributed by atoms with Crippen LogP contribution in [-0.2, 0) is 19.1 Å². The Morgan fingerprint density at radius 1 is 1.19 bits per heavy atom. The number of carbonyl (C=O) groups excluding carboxylic acids is 2. The number of nitrogens with one attached hydrogen (secondary N) is 2. The van der Waals surface area contributed by atoms with Gasteiger partial charge in [0, 0.05) is 26.7 Å². The van der Waals surface area contributed by atoms with Crippen molar-refractivity contribution in [1.82, 2.24) is 15.5 Å². The molecule has 0 spiro atoms. The van der Waals surface area contributed by atoms with E-state index >= 15 is 0 Å². The summed E-state index contributed by atoms with van der Waals surface area (Å²) in [6.45, 7) is 3.26. The van der Waals surface area contributed by atoms with E-state index in [1.165, 1.54) is 4.90 Å². The second-order valence-corrected chi connectivity index (χ2v) is 7.28. The van der Waals surface area contributed by atoms with Crippen molar-refractivity contribution in [3.63, 3.8) is 0 Å². The molecule has 4 rings (SSSR count). The highest BCUT2D eigenvalue weighted by Gasteiger charge is 2.58. The predicted molar refractivity (Wildman–Crippen MR) is 110 cm³/mol. The molecule has 2 bridgehead atoms. The van der Waals surface area contributed by atoms with Gasteiger partial charge in [0.1, 0.15) is 0 Å².